The smallest absolute Gasteiger partial charge is 0.221 e. The topological polar surface area (TPSA) is 145 Å². The van der Waals surface area contributed by atoms with Gasteiger partial charge in [0.05, 0.1) is 11.2 Å². The van der Waals surface area contributed by atoms with Crippen molar-refractivity contribution in [2.24, 2.45) is 0 Å². The van der Waals surface area contributed by atoms with Gasteiger partial charge in [-0.05, 0) is 55.2 Å². The number of aryl methyl sites for hydroxylation is 1. The molecule has 0 atom stereocenters. The highest BCUT2D eigenvalue weighted by Crippen LogP contribution is 2.31. The molecule has 0 aliphatic carbocycles. The van der Waals surface area contributed by atoms with Gasteiger partial charge >= 0.3 is 0 Å². The molecule has 0 fully saturated rings. The van der Waals surface area contributed by atoms with Crippen molar-refractivity contribution in [3.63, 3.8) is 0 Å². The molecule has 0 aliphatic heterocycles. The average molecular weight is 445 g/mol. The summed E-state index contributed by atoms with van der Waals surface area (Å²) in [6, 6.07) is 9.24. The number of anilines is 2. The Morgan fingerprint density at radius 1 is 1.27 bits per heavy atom. The van der Waals surface area contributed by atoms with Crippen LogP contribution in [0.5, 0.6) is 0 Å². The summed E-state index contributed by atoms with van der Waals surface area (Å²) in [7, 11) is 0. The molecule has 0 radical (unpaired) electrons. The van der Waals surface area contributed by atoms with Crippen molar-refractivity contribution in [2.75, 3.05) is 11.1 Å². The number of benzene rings is 1. The molecule has 0 aliphatic rings. The van der Waals surface area contributed by atoms with Crippen molar-refractivity contribution in [2.45, 2.75) is 39.8 Å². The summed E-state index contributed by atoms with van der Waals surface area (Å²) >= 11 is 0. The molecule has 0 bridgehead atoms. The van der Waals surface area contributed by atoms with E-state index in [9.17, 15) is 9.90 Å². The van der Waals surface area contributed by atoms with E-state index in [-0.39, 0.29) is 11.7 Å². The molecule has 3 heterocycles. The number of carbonyl (C=O) groups is 1. The zero-order valence-corrected chi connectivity index (χ0v) is 18.7. The Labute approximate surface area is 189 Å². The molecular formula is C23H23N7O3. The third-order valence-electron chi connectivity index (χ3n) is 4.74. The Hall–Kier alpha value is -4.23. The van der Waals surface area contributed by atoms with Crippen molar-refractivity contribution in [1.29, 1.82) is 0 Å². The van der Waals surface area contributed by atoms with E-state index in [1.54, 1.807) is 19.9 Å². The molecule has 0 saturated heterocycles. The first-order valence-electron chi connectivity index (χ1n) is 10.3. The first kappa shape index (κ1) is 22.0. The lowest BCUT2D eigenvalue weighted by molar-refractivity contribution is -0.114. The van der Waals surface area contributed by atoms with E-state index in [1.807, 2.05) is 35.8 Å². The Kier molecular flexibility index (Phi) is 5.57. The first-order valence-corrected chi connectivity index (χ1v) is 10.3. The van der Waals surface area contributed by atoms with Crippen molar-refractivity contribution < 1.29 is 14.5 Å². The van der Waals surface area contributed by atoms with Crippen LogP contribution >= 0.6 is 0 Å². The van der Waals surface area contributed by atoms with E-state index in [4.69, 9.17) is 20.3 Å². The maximum Gasteiger partial charge on any atom is 0.221 e. The molecule has 4 N–H and O–H groups in total. The number of nitrogen functional groups attached to an aromatic ring is 1. The number of amides is 1. The zero-order chi connectivity index (χ0) is 23.8. The zero-order valence-electron chi connectivity index (χ0n) is 18.7. The number of nitrogens with one attached hydrogen (secondary N) is 1. The van der Waals surface area contributed by atoms with Crippen molar-refractivity contribution >= 4 is 28.4 Å². The van der Waals surface area contributed by atoms with Crippen LogP contribution in [0.25, 0.3) is 33.8 Å². The molecular weight excluding hydrogens is 422 g/mol. The van der Waals surface area contributed by atoms with Crippen LogP contribution < -0.4 is 11.1 Å². The number of aromatic nitrogens is 5. The van der Waals surface area contributed by atoms with Crippen molar-refractivity contribution in [3.8, 4) is 34.6 Å². The summed E-state index contributed by atoms with van der Waals surface area (Å²) in [5.74, 6) is 6.20. The maximum atomic E-state index is 11.5. The molecule has 0 saturated carbocycles. The molecule has 168 valence electrons. The Morgan fingerprint density at radius 3 is 2.70 bits per heavy atom. The van der Waals surface area contributed by atoms with Crippen molar-refractivity contribution in [3.05, 3.63) is 36.0 Å². The van der Waals surface area contributed by atoms with Gasteiger partial charge in [-0.3, -0.25) is 4.79 Å². The van der Waals surface area contributed by atoms with Crippen LogP contribution in [-0.4, -0.2) is 41.5 Å². The van der Waals surface area contributed by atoms with Gasteiger partial charge in [0.1, 0.15) is 16.8 Å². The summed E-state index contributed by atoms with van der Waals surface area (Å²) in [4.78, 5) is 20.9. The number of imidazole rings is 1. The number of carbonyl (C=O) groups excluding carboxylic acids is 1. The minimum Gasteiger partial charge on any atom is -0.379 e. The largest absolute Gasteiger partial charge is 0.379 e. The third-order valence-corrected chi connectivity index (χ3v) is 4.74. The second-order valence-electron chi connectivity index (χ2n) is 7.97. The number of nitrogens with zero attached hydrogens (tertiary/aromatic N) is 5. The number of nitrogens with two attached hydrogens (primary N) is 1. The summed E-state index contributed by atoms with van der Waals surface area (Å²) < 4.78 is 6.69. The molecule has 3 aromatic heterocycles. The lowest BCUT2D eigenvalue weighted by Gasteiger charge is -2.09. The van der Waals surface area contributed by atoms with Gasteiger partial charge in [0, 0.05) is 24.7 Å². The van der Waals surface area contributed by atoms with Crippen LogP contribution in [-0.2, 0) is 11.3 Å². The van der Waals surface area contributed by atoms with Crippen LogP contribution in [0.1, 0.15) is 33.4 Å². The lowest BCUT2D eigenvalue weighted by Crippen LogP contribution is -2.14. The van der Waals surface area contributed by atoms with Gasteiger partial charge in [-0.15, -0.1) is 0 Å². The average Bonchev–Trinajstić information content (AvgIpc) is 3.33. The van der Waals surface area contributed by atoms with Gasteiger partial charge in [-0.25, -0.2) is 14.6 Å². The normalized spacial score (nSPS) is 11.3. The summed E-state index contributed by atoms with van der Waals surface area (Å²) in [6.45, 7) is 7.17. The number of hydrogen-bond donors (Lipinski definition) is 3. The fourth-order valence-corrected chi connectivity index (χ4v) is 3.38. The van der Waals surface area contributed by atoms with Crippen LogP contribution in [0, 0.1) is 11.8 Å². The Bertz CT molecular complexity index is 1420. The fraction of sp³-hybridized carbons (Fsp3) is 0.261. The molecule has 1 amide bonds. The summed E-state index contributed by atoms with van der Waals surface area (Å²) in [6.07, 6.45) is 0. The van der Waals surface area contributed by atoms with Crippen LogP contribution in [0.4, 0.5) is 11.5 Å². The molecule has 33 heavy (non-hydrogen) atoms. The predicted molar refractivity (Wildman–Crippen MR) is 124 cm³/mol. The standard InChI is InChI=1S/C23H23N7O3/c1-5-30-18-12-17(14-7-6-8-15(11-14)25-13(2)31)26-16(9-10-23(3,4)32)19(18)27-22(30)20-21(24)29-33-28-20/h6-8,11-12,32H,5H2,1-4H3,(H2,24,29)(H,25,31). The number of aliphatic hydroxyl groups is 1. The number of hydrogen-bond acceptors (Lipinski definition) is 8. The van der Waals surface area contributed by atoms with Gasteiger partial charge in [0.15, 0.2) is 17.3 Å². The summed E-state index contributed by atoms with van der Waals surface area (Å²) in [5, 5.41) is 20.5. The molecule has 4 rings (SSSR count). The second-order valence-corrected chi connectivity index (χ2v) is 7.97. The van der Waals surface area contributed by atoms with Crippen LogP contribution in [0.2, 0.25) is 0 Å². The van der Waals surface area contributed by atoms with Gasteiger partial charge in [0.25, 0.3) is 0 Å². The highest BCUT2D eigenvalue weighted by Gasteiger charge is 2.21. The third kappa shape index (κ3) is 4.53. The molecule has 0 spiro atoms. The minimum absolute atomic E-state index is 0.125. The van der Waals surface area contributed by atoms with E-state index >= 15 is 0 Å². The van der Waals surface area contributed by atoms with E-state index < -0.39 is 5.60 Å². The fourth-order valence-electron chi connectivity index (χ4n) is 3.38. The highest BCUT2D eigenvalue weighted by molar-refractivity contribution is 5.91. The number of pyridine rings is 1. The molecule has 4 aromatic rings. The van der Waals surface area contributed by atoms with Gasteiger partial charge in [-0.1, -0.05) is 18.1 Å². The quantitative estimate of drug-likeness (QED) is 0.407. The number of fused-ring (bicyclic) bond motifs is 1. The number of rotatable bonds is 4. The Morgan fingerprint density at radius 2 is 2.06 bits per heavy atom. The second kappa shape index (κ2) is 8.37. The Balaban J connectivity index is 1.99. The maximum absolute atomic E-state index is 11.5. The SMILES string of the molecule is CCn1c(-c2nonc2N)nc2c(C#CC(C)(C)O)nc(-c3cccc(NC(C)=O)c3)cc21. The first-order chi connectivity index (χ1) is 15.7. The summed E-state index contributed by atoms with van der Waals surface area (Å²) in [5.41, 5.74) is 8.76. The molecule has 10 nitrogen and oxygen atoms in total. The highest BCUT2D eigenvalue weighted by atomic mass is 16.6. The van der Waals surface area contributed by atoms with Gasteiger partial charge in [-0.2, -0.15) is 0 Å². The molecule has 1 aromatic carbocycles. The molecule has 10 heteroatoms. The van der Waals surface area contributed by atoms with Crippen LogP contribution in [0.3, 0.4) is 0 Å². The van der Waals surface area contributed by atoms with E-state index in [0.29, 0.717) is 40.7 Å². The predicted octanol–water partition coefficient (Wildman–Crippen LogP) is 2.83. The van der Waals surface area contributed by atoms with Crippen molar-refractivity contribution in [1.82, 2.24) is 24.8 Å². The lowest BCUT2D eigenvalue weighted by atomic mass is 10.1. The van der Waals surface area contributed by atoms with Gasteiger partial charge < -0.3 is 20.7 Å². The van der Waals surface area contributed by atoms with E-state index in [2.05, 4.69) is 27.5 Å². The molecule has 0 unspecified atom stereocenters. The van der Waals surface area contributed by atoms with Gasteiger partial charge in [0.2, 0.25) is 5.91 Å². The monoisotopic (exact) mass is 445 g/mol. The van der Waals surface area contributed by atoms with E-state index in [1.165, 1.54) is 6.92 Å². The van der Waals surface area contributed by atoms with Crippen LogP contribution in [0.15, 0.2) is 35.0 Å². The van der Waals surface area contributed by atoms with E-state index in [0.717, 1.165) is 11.1 Å². The minimum atomic E-state index is -1.22.